The number of halogens is 1. The van der Waals surface area contributed by atoms with E-state index in [-0.39, 0.29) is 24.2 Å². The molecule has 0 spiro atoms. The van der Waals surface area contributed by atoms with Crippen LogP contribution >= 0.6 is 12.4 Å². The molecule has 1 fully saturated rings. The van der Waals surface area contributed by atoms with Crippen molar-refractivity contribution in [3.63, 3.8) is 0 Å². The first-order valence-corrected chi connectivity index (χ1v) is 6.41. The average molecular weight is 243 g/mol. The smallest absolute Gasteiger partial charge is 0.211 e. The van der Waals surface area contributed by atoms with Crippen molar-refractivity contribution < 1.29 is 8.42 Å². The van der Waals surface area contributed by atoms with Crippen LogP contribution in [0.25, 0.3) is 0 Å². The topological polar surface area (TPSA) is 58.2 Å². The number of hydrogen-bond acceptors (Lipinski definition) is 3. The van der Waals surface area contributed by atoms with E-state index < -0.39 is 10.0 Å². The normalized spacial score (nSPS) is 28.1. The van der Waals surface area contributed by atoms with Crippen molar-refractivity contribution in [2.45, 2.75) is 26.3 Å². The molecule has 0 amide bonds. The highest BCUT2D eigenvalue weighted by Gasteiger charge is 2.24. The van der Waals surface area contributed by atoms with Gasteiger partial charge >= 0.3 is 0 Å². The zero-order valence-corrected chi connectivity index (χ0v) is 10.2. The van der Waals surface area contributed by atoms with Gasteiger partial charge in [-0.05, 0) is 25.8 Å². The van der Waals surface area contributed by atoms with Crippen molar-refractivity contribution in [2.24, 2.45) is 5.92 Å². The zero-order valence-electron chi connectivity index (χ0n) is 8.62. The summed E-state index contributed by atoms with van der Waals surface area (Å²) in [5.74, 6) is 0.596. The minimum absolute atomic E-state index is 0. The van der Waals surface area contributed by atoms with E-state index in [4.69, 9.17) is 0 Å². The lowest BCUT2D eigenvalue weighted by Gasteiger charge is -2.29. The van der Waals surface area contributed by atoms with Gasteiger partial charge in [0.05, 0.1) is 5.75 Å². The third-order valence-electron chi connectivity index (χ3n) is 2.54. The Morgan fingerprint density at radius 2 is 2.14 bits per heavy atom. The van der Waals surface area contributed by atoms with Gasteiger partial charge in [0.15, 0.2) is 0 Å². The molecule has 1 saturated heterocycles. The van der Waals surface area contributed by atoms with Crippen molar-refractivity contribution >= 4 is 22.4 Å². The van der Waals surface area contributed by atoms with E-state index in [1.54, 1.807) is 6.92 Å². The Kier molecular flexibility index (Phi) is 5.97. The lowest BCUT2D eigenvalue weighted by Crippen LogP contribution is -2.50. The summed E-state index contributed by atoms with van der Waals surface area (Å²) < 4.78 is 25.3. The van der Waals surface area contributed by atoms with E-state index in [0.717, 1.165) is 19.5 Å². The summed E-state index contributed by atoms with van der Waals surface area (Å²) in [6.45, 7) is 5.48. The van der Waals surface area contributed by atoms with Crippen molar-refractivity contribution in [1.82, 2.24) is 10.0 Å². The molecule has 0 saturated carbocycles. The molecular weight excluding hydrogens is 224 g/mol. The van der Waals surface area contributed by atoms with Gasteiger partial charge in [-0.15, -0.1) is 12.4 Å². The van der Waals surface area contributed by atoms with E-state index in [9.17, 15) is 8.42 Å². The third kappa shape index (κ3) is 4.13. The Morgan fingerprint density at radius 1 is 1.50 bits per heavy atom. The van der Waals surface area contributed by atoms with Crippen LogP contribution in [0.3, 0.4) is 0 Å². The van der Waals surface area contributed by atoms with E-state index in [1.807, 2.05) is 0 Å². The Hall–Kier alpha value is 0.160. The highest BCUT2D eigenvalue weighted by molar-refractivity contribution is 7.89. The van der Waals surface area contributed by atoms with Gasteiger partial charge in [-0.2, -0.15) is 0 Å². The zero-order chi connectivity index (χ0) is 9.90. The number of piperidine rings is 1. The number of nitrogens with one attached hydrogen (secondary N) is 2. The first-order valence-electron chi connectivity index (χ1n) is 4.76. The summed E-state index contributed by atoms with van der Waals surface area (Å²) in [6, 6.07) is 0.0682. The van der Waals surface area contributed by atoms with Crippen LogP contribution in [0.1, 0.15) is 20.3 Å². The molecule has 86 valence electrons. The maximum absolute atomic E-state index is 11.3. The Labute approximate surface area is 92.3 Å². The Bertz CT molecular complexity index is 256. The van der Waals surface area contributed by atoms with E-state index in [2.05, 4.69) is 17.0 Å². The highest BCUT2D eigenvalue weighted by Crippen LogP contribution is 2.11. The molecular formula is C8H19ClN2O2S. The Balaban J connectivity index is 0.00000169. The molecule has 4 nitrogen and oxygen atoms in total. The van der Waals surface area contributed by atoms with Crippen LogP contribution in [0.5, 0.6) is 0 Å². The summed E-state index contributed by atoms with van der Waals surface area (Å²) in [7, 11) is -3.04. The fourth-order valence-electron chi connectivity index (χ4n) is 1.46. The van der Waals surface area contributed by atoms with E-state index in [1.165, 1.54) is 0 Å². The average Bonchev–Trinajstić information content (AvgIpc) is 2.09. The van der Waals surface area contributed by atoms with Crippen LogP contribution in [0.4, 0.5) is 0 Å². The standard InChI is InChI=1S/C8H18N2O2S.ClH/c1-3-13(11,12)10-8-6-9-5-4-7(8)2;/h7-10H,3-6H2,1-2H3;1H. The van der Waals surface area contributed by atoms with Crippen LogP contribution in [0, 0.1) is 5.92 Å². The van der Waals surface area contributed by atoms with Crippen LogP contribution < -0.4 is 10.0 Å². The van der Waals surface area contributed by atoms with Crippen molar-refractivity contribution in [3.8, 4) is 0 Å². The Morgan fingerprint density at radius 3 is 2.64 bits per heavy atom. The monoisotopic (exact) mass is 242 g/mol. The minimum Gasteiger partial charge on any atom is -0.315 e. The molecule has 14 heavy (non-hydrogen) atoms. The molecule has 1 aliphatic rings. The van der Waals surface area contributed by atoms with Gasteiger partial charge in [0.1, 0.15) is 0 Å². The maximum Gasteiger partial charge on any atom is 0.211 e. The first kappa shape index (κ1) is 14.2. The van der Waals surface area contributed by atoms with Gasteiger partial charge in [0.2, 0.25) is 10.0 Å². The largest absolute Gasteiger partial charge is 0.315 e. The third-order valence-corrected chi connectivity index (χ3v) is 3.96. The predicted molar refractivity (Wildman–Crippen MR) is 60.3 cm³/mol. The lowest BCUT2D eigenvalue weighted by atomic mass is 9.96. The fourth-order valence-corrected chi connectivity index (χ4v) is 2.41. The van der Waals surface area contributed by atoms with E-state index >= 15 is 0 Å². The minimum atomic E-state index is -3.04. The molecule has 0 aliphatic carbocycles. The lowest BCUT2D eigenvalue weighted by molar-refractivity contribution is 0.327. The van der Waals surface area contributed by atoms with Crippen molar-refractivity contribution in [1.29, 1.82) is 0 Å². The molecule has 0 radical (unpaired) electrons. The maximum atomic E-state index is 11.3. The predicted octanol–water partition coefficient (Wildman–Crippen LogP) is 0.345. The molecule has 0 aromatic carbocycles. The summed E-state index contributed by atoms with van der Waals surface area (Å²) in [5, 5.41) is 3.18. The van der Waals surface area contributed by atoms with Gasteiger partial charge in [0.25, 0.3) is 0 Å². The summed E-state index contributed by atoms with van der Waals surface area (Å²) >= 11 is 0. The molecule has 1 rings (SSSR count). The molecule has 6 heteroatoms. The quantitative estimate of drug-likeness (QED) is 0.751. The second-order valence-corrected chi connectivity index (χ2v) is 5.64. The summed E-state index contributed by atoms with van der Waals surface area (Å²) in [5.41, 5.74) is 0. The molecule has 1 heterocycles. The number of hydrogen-bond donors (Lipinski definition) is 2. The van der Waals surface area contributed by atoms with Gasteiger partial charge in [-0.3, -0.25) is 0 Å². The second kappa shape index (κ2) is 5.90. The van der Waals surface area contributed by atoms with Crippen molar-refractivity contribution in [2.75, 3.05) is 18.8 Å². The molecule has 2 atom stereocenters. The number of rotatable bonds is 3. The van der Waals surface area contributed by atoms with E-state index in [0.29, 0.717) is 5.92 Å². The van der Waals surface area contributed by atoms with Crippen LogP contribution in [-0.4, -0.2) is 33.3 Å². The summed E-state index contributed by atoms with van der Waals surface area (Å²) in [4.78, 5) is 0. The molecule has 1 aliphatic heterocycles. The van der Waals surface area contributed by atoms with Crippen LogP contribution in [0.2, 0.25) is 0 Å². The molecule has 0 bridgehead atoms. The number of sulfonamides is 1. The summed E-state index contributed by atoms with van der Waals surface area (Å²) in [6.07, 6.45) is 1.04. The molecule has 2 N–H and O–H groups in total. The van der Waals surface area contributed by atoms with Gasteiger partial charge in [-0.1, -0.05) is 6.92 Å². The van der Waals surface area contributed by atoms with Gasteiger partial charge in [0, 0.05) is 12.6 Å². The fraction of sp³-hybridized carbons (Fsp3) is 1.00. The van der Waals surface area contributed by atoms with Crippen LogP contribution in [-0.2, 0) is 10.0 Å². The SMILES string of the molecule is CCS(=O)(=O)NC1CNCCC1C.Cl. The highest BCUT2D eigenvalue weighted by atomic mass is 35.5. The first-order chi connectivity index (χ1) is 6.05. The van der Waals surface area contributed by atoms with Crippen LogP contribution in [0.15, 0.2) is 0 Å². The molecule has 0 aromatic heterocycles. The molecule has 2 unspecified atom stereocenters. The van der Waals surface area contributed by atoms with Gasteiger partial charge in [-0.25, -0.2) is 13.1 Å². The second-order valence-electron chi connectivity index (χ2n) is 3.60. The van der Waals surface area contributed by atoms with Crippen molar-refractivity contribution in [3.05, 3.63) is 0 Å². The van der Waals surface area contributed by atoms with Gasteiger partial charge < -0.3 is 5.32 Å². The molecule has 0 aromatic rings.